The quantitative estimate of drug-likeness (QED) is 0.0873. The number of carbonyl (C=O) groups is 4. The number of aliphatic carboxylic acids is 1. The van der Waals surface area contributed by atoms with Gasteiger partial charge in [-0.3, -0.25) is 19.3 Å². The maximum absolute atomic E-state index is 13.1. The van der Waals surface area contributed by atoms with E-state index in [0.717, 1.165) is 17.7 Å². The first kappa shape index (κ1) is 31.6. The molecule has 0 spiro atoms. The normalized spacial score (nSPS) is 22.0. The van der Waals surface area contributed by atoms with Crippen LogP contribution in [0, 0.1) is 6.92 Å². The number of amides is 3. The molecule has 0 unspecified atom stereocenters. The van der Waals surface area contributed by atoms with E-state index >= 15 is 0 Å². The average molecular weight is 656 g/mol. The number of β-lactam (4-membered cyclic amide) rings is 1. The van der Waals surface area contributed by atoms with Gasteiger partial charge in [0.05, 0.1) is 17.4 Å². The summed E-state index contributed by atoms with van der Waals surface area (Å²) in [6, 6.07) is 7.63. The van der Waals surface area contributed by atoms with Gasteiger partial charge in [-0.05, 0) is 68.2 Å². The van der Waals surface area contributed by atoms with Gasteiger partial charge in [-0.25, -0.2) is 4.98 Å². The van der Waals surface area contributed by atoms with Gasteiger partial charge in [0.15, 0.2) is 5.82 Å². The molecule has 7 rings (SSSR count). The molecule has 45 heavy (non-hydrogen) atoms. The number of thioether (sulfide) groups is 2. The van der Waals surface area contributed by atoms with Gasteiger partial charge in [0.2, 0.25) is 11.8 Å². The van der Waals surface area contributed by atoms with Crippen molar-refractivity contribution in [3.05, 3.63) is 58.9 Å². The number of nitrogens with zero attached hydrogens (tertiary/aromatic N) is 6. The minimum atomic E-state index is -1.49. The van der Waals surface area contributed by atoms with Gasteiger partial charge in [0, 0.05) is 35.2 Å². The fourth-order valence-electron chi connectivity index (χ4n) is 5.60. The molecule has 0 bridgehead atoms. The number of hydrogen-bond donors (Lipinski definition) is 2. The van der Waals surface area contributed by atoms with E-state index in [4.69, 9.17) is 0 Å². The van der Waals surface area contributed by atoms with E-state index in [2.05, 4.69) is 20.4 Å². The van der Waals surface area contributed by atoms with Crippen LogP contribution in [0.5, 0.6) is 5.75 Å². The van der Waals surface area contributed by atoms with E-state index in [9.17, 15) is 29.4 Å². The van der Waals surface area contributed by atoms with Crippen LogP contribution in [0.1, 0.15) is 25.0 Å². The van der Waals surface area contributed by atoms with Crippen molar-refractivity contribution in [3.8, 4) is 17.1 Å². The second-order valence-corrected chi connectivity index (χ2v) is 13.1. The second kappa shape index (κ2) is 12.4. The van der Waals surface area contributed by atoms with Crippen LogP contribution in [0.4, 0.5) is 0 Å². The van der Waals surface area contributed by atoms with Crippen molar-refractivity contribution < 1.29 is 58.9 Å². The Balaban J connectivity index is 0.00000357. The molecule has 0 radical (unpaired) electrons. The van der Waals surface area contributed by atoms with Crippen molar-refractivity contribution in [1.82, 2.24) is 34.7 Å². The Morgan fingerprint density at radius 1 is 1.20 bits per heavy atom. The molecule has 3 amide bonds. The number of aromatic nitrogens is 4. The van der Waals surface area contributed by atoms with E-state index < -0.39 is 29.2 Å². The molecule has 4 aliphatic rings. The molecule has 3 aliphatic heterocycles. The number of fused-ring (bicyclic) bond motifs is 2. The fraction of sp³-hybridized carbons (Fsp3) is 0.345. The van der Waals surface area contributed by atoms with Crippen LogP contribution < -0.4 is 40.0 Å². The molecule has 2 atom stereocenters. The van der Waals surface area contributed by atoms with Crippen molar-refractivity contribution in [1.29, 1.82) is 0 Å². The Labute approximate surface area is 287 Å². The minimum Gasteiger partial charge on any atom is -0.543 e. The second-order valence-electron chi connectivity index (χ2n) is 11.0. The summed E-state index contributed by atoms with van der Waals surface area (Å²) in [6.07, 6.45) is 4.12. The molecule has 2 saturated heterocycles. The van der Waals surface area contributed by atoms with Crippen LogP contribution in [-0.2, 0) is 19.2 Å². The molecule has 2 N–H and O–H groups in total. The van der Waals surface area contributed by atoms with E-state index in [-0.39, 0.29) is 64.5 Å². The van der Waals surface area contributed by atoms with Gasteiger partial charge < -0.3 is 25.2 Å². The molecule has 13 nitrogen and oxygen atoms in total. The summed E-state index contributed by atoms with van der Waals surface area (Å²) in [4.78, 5) is 62.9. The first-order valence-electron chi connectivity index (χ1n) is 14.0. The van der Waals surface area contributed by atoms with Crippen LogP contribution in [-0.4, -0.2) is 93.7 Å². The third-order valence-corrected chi connectivity index (χ3v) is 10.2. The zero-order valence-corrected chi connectivity index (χ0v) is 28.1. The molecule has 5 heterocycles. The van der Waals surface area contributed by atoms with Gasteiger partial charge in [0.25, 0.3) is 11.7 Å². The Bertz CT molecular complexity index is 1810. The third-order valence-electron chi connectivity index (χ3n) is 7.89. The number of carbonyl (C=O) groups excluding carboxylic acids is 4. The Morgan fingerprint density at radius 2 is 1.96 bits per heavy atom. The number of allylic oxidation sites excluding steroid dienone is 1. The number of likely N-dealkylation sites (tertiary alicyclic amines) is 1. The van der Waals surface area contributed by atoms with Crippen LogP contribution in [0.3, 0.4) is 0 Å². The molecule has 1 aliphatic carbocycles. The molecule has 1 aromatic carbocycles. The molecule has 3 aromatic rings. The van der Waals surface area contributed by atoms with Gasteiger partial charge >= 0.3 is 29.6 Å². The first-order valence-corrected chi connectivity index (χ1v) is 16.1. The number of aryl methyl sites for hydroxylation is 1. The van der Waals surface area contributed by atoms with Crippen LogP contribution in [0.25, 0.3) is 17.2 Å². The number of phenolic OH excluding ortho intramolecular Hbond substituents is 1. The Morgan fingerprint density at radius 3 is 2.67 bits per heavy atom. The third kappa shape index (κ3) is 5.99. The standard InChI is InChI=1S/C29H27N7O6S2.Na/c1-14-10-21(36-29(30-14)32-24(33-36)15-2-6-19(37)7-3-15)43-13-20(38)31-22-26(40)35-23(28(41)42)17(12-44-27(22)35)11-16-8-9-34(25(16)39)18-4-5-18;/h2-3,6-7,10-11,18,22,27,37H,4-5,8-9,12-13H2,1H3,(H,31,38)(H,41,42);/q;+1/p-1/b16-11+;/t22-,27-;/m1./s1. The summed E-state index contributed by atoms with van der Waals surface area (Å²) in [6.45, 7) is 2.42. The number of carboxylic acid groups (broad SMARTS) is 1. The molecule has 226 valence electrons. The Kier molecular flexibility index (Phi) is 8.73. The summed E-state index contributed by atoms with van der Waals surface area (Å²) in [5.74, 6) is -1.39. The summed E-state index contributed by atoms with van der Waals surface area (Å²) >= 11 is 2.54. The zero-order valence-electron chi connectivity index (χ0n) is 24.4. The monoisotopic (exact) mass is 655 g/mol. The number of aromatic hydroxyl groups is 1. The summed E-state index contributed by atoms with van der Waals surface area (Å²) in [5, 5.41) is 29.0. The molecule has 1 saturated carbocycles. The predicted octanol–water partition coefficient (Wildman–Crippen LogP) is -2.37. The number of carboxylic acids is 1. The first-order chi connectivity index (χ1) is 21.2. The smallest absolute Gasteiger partial charge is 0.543 e. The van der Waals surface area contributed by atoms with E-state index in [1.807, 2.05) is 4.90 Å². The predicted molar refractivity (Wildman–Crippen MR) is 158 cm³/mol. The molecule has 2 aromatic heterocycles. The van der Waals surface area contributed by atoms with Crippen molar-refractivity contribution in [3.63, 3.8) is 0 Å². The van der Waals surface area contributed by atoms with E-state index in [1.54, 1.807) is 31.2 Å². The van der Waals surface area contributed by atoms with E-state index in [0.29, 0.717) is 52.0 Å². The van der Waals surface area contributed by atoms with E-state index in [1.165, 1.54) is 40.2 Å². The summed E-state index contributed by atoms with van der Waals surface area (Å²) in [7, 11) is 0. The largest absolute Gasteiger partial charge is 1.00 e. The molecular formula is C29H26N7NaO6S2. The zero-order chi connectivity index (χ0) is 30.7. The van der Waals surface area contributed by atoms with Crippen molar-refractivity contribution in [2.45, 2.75) is 48.7 Å². The molecular weight excluding hydrogens is 629 g/mol. The number of benzene rings is 1. The SMILES string of the molecule is Cc1cc(SCC(=O)N[C@@H]2C(=O)N3C(C(=O)[O-])=C(/C=C4\CCN(C5CC5)C4=O)CS[C@H]23)n2nc(-c3ccc(O)cc3)nc2n1.[Na+]. The summed E-state index contributed by atoms with van der Waals surface area (Å²) < 4.78 is 1.53. The molecule has 3 fully saturated rings. The fourth-order valence-corrected chi connectivity index (χ4v) is 7.77. The van der Waals surface area contributed by atoms with Gasteiger partial charge in [-0.15, -0.1) is 16.9 Å². The Hall–Kier alpha value is -3.37. The number of hydrogen-bond acceptors (Lipinski definition) is 11. The number of nitrogens with one attached hydrogen (secondary N) is 1. The minimum absolute atomic E-state index is 0. The molecule has 16 heteroatoms. The van der Waals surface area contributed by atoms with Gasteiger partial charge in [-0.2, -0.15) is 9.50 Å². The van der Waals surface area contributed by atoms with Crippen LogP contribution in [0.15, 0.2) is 58.3 Å². The number of phenols is 1. The van der Waals surface area contributed by atoms with Gasteiger partial charge in [0.1, 0.15) is 22.2 Å². The van der Waals surface area contributed by atoms with Crippen molar-refractivity contribution in [2.24, 2.45) is 0 Å². The maximum atomic E-state index is 13.1. The van der Waals surface area contributed by atoms with Crippen LogP contribution in [0.2, 0.25) is 0 Å². The van der Waals surface area contributed by atoms with Gasteiger partial charge in [-0.1, -0.05) is 11.8 Å². The van der Waals surface area contributed by atoms with Crippen LogP contribution >= 0.6 is 23.5 Å². The summed E-state index contributed by atoms with van der Waals surface area (Å²) in [5.41, 5.74) is 2.05. The van der Waals surface area contributed by atoms with Crippen molar-refractivity contribution >= 4 is 53.0 Å². The van der Waals surface area contributed by atoms with Crippen molar-refractivity contribution in [2.75, 3.05) is 18.1 Å². The topological polar surface area (TPSA) is 173 Å². The average Bonchev–Trinajstić information content (AvgIpc) is 3.65. The number of rotatable bonds is 8. The maximum Gasteiger partial charge on any atom is 1.00 e.